The summed E-state index contributed by atoms with van der Waals surface area (Å²) in [6.45, 7) is 0. The van der Waals surface area contributed by atoms with E-state index in [0.29, 0.717) is 10.6 Å². The van der Waals surface area contributed by atoms with Crippen LogP contribution in [0, 0.1) is 0 Å². The van der Waals surface area contributed by atoms with Crippen LogP contribution in [0.5, 0.6) is 0 Å². The van der Waals surface area contributed by atoms with Gasteiger partial charge in [-0.25, -0.2) is 4.98 Å². The van der Waals surface area contributed by atoms with Crippen LogP contribution < -0.4 is 0 Å². The van der Waals surface area contributed by atoms with Crippen LogP contribution in [0.1, 0.15) is 19.3 Å². The van der Waals surface area contributed by atoms with Crippen LogP contribution in [0.25, 0.3) is 0 Å². The molecule has 0 amide bonds. The predicted octanol–water partition coefficient (Wildman–Crippen LogP) is 3.33. The molecule has 0 aliphatic heterocycles. The molecule has 70 valence electrons. The molecule has 1 fully saturated rings. The van der Waals surface area contributed by atoms with E-state index < -0.39 is 0 Å². The van der Waals surface area contributed by atoms with Crippen molar-refractivity contribution in [2.45, 2.75) is 34.9 Å². The van der Waals surface area contributed by atoms with E-state index in [4.69, 9.17) is 11.6 Å². The fourth-order valence-electron chi connectivity index (χ4n) is 1.59. The Morgan fingerprint density at radius 3 is 2.92 bits per heavy atom. The Hall–Kier alpha value is -0.210. The number of halogens is 1. The molecule has 13 heavy (non-hydrogen) atoms. The van der Waals surface area contributed by atoms with Gasteiger partial charge < -0.3 is 0 Å². The monoisotopic (exact) mass is 213 g/mol. The lowest BCUT2D eigenvalue weighted by atomic mass is 10.4. The second kappa shape index (κ2) is 4.34. The third-order valence-corrected chi connectivity index (χ3v) is 4.30. The Bertz CT molecular complexity index is 265. The van der Waals surface area contributed by atoms with Crippen LogP contribution in [0.15, 0.2) is 29.4 Å². The Morgan fingerprint density at radius 2 is 2.31 bits per heavy atom. The van der Waals surface area contributed by atoms with Crippen molar-refractivity contribution in [1.29, 1.82) is 0 Å². The molecule has 0 N–H and O–H groups in total. The number of thioether (sulfide) groups is 1. The first-order valence-corrected chi connectivity index (χ1v) is 5.89. The summed E-state index contributed by atoms with van der Waals surface area (Å²) < 4.78 is 0. The summed E-state index contributed by atoms with van der Waals surface area (Å²) in [4.78, 5) is 4.28. The van der Waals surface area contributed by atoms with Crippen molar-refractivity contribution in [2.75, 3.05) is 0 Å². The van der Waals surface area contributed by atoms with Crippen LogP contribution in [-0.2, 0) is 0 Å². The molecule has 1 heterocycles. The number of aromatic nitrogens is 1. The molecule has 1 aliphatic carbocycles. The van der Waals surface area contributed by atoms with Crippen molar-refractivity contribution in [1.82, 2.24) is 4.98 Å². The van der Waals surface area contributed by atoms with E-state index >= 15 is 0 Å². The third-order valence-electron chi connectivity index (χ3n) is 2.28. The maximum Gasteiger partial charge on any atom is 0.0963 e. The average Bonchev–Trinajstić information content (AvgIpc) is 2.54. The third kappa shape index (κ3) is 2.38. The summed E-state index contributed by atoms with van der Waals surface area (Å²) in [6, 6.07) is 6.01. The van der Waals surface area contributed by atoms with Gasteiger partial charge in [0.05, 0.1) is 5.03 Å². The zero-order valence-electron chi connectivity index (χ0n) is 7.32. The molecular weight excluding hydrogens is 202 g/mol. The second-order valence-electron chi connectivity index (χ2n) is 3.27. The van der Waals surface area contributed by atoms with E-state index in [9.17, 15) is 0 Å². The Morgan fingerprint density at radius 1 is 1.38 bits per heavy atom. The van der Waals surface area contributed by atoms with Gasteiger partial charge in [0.1, 0.15) is 0 Å². The molecule has 1 aromatic heterocycles. The van der Waals surface area contributed by atoms with Crippen molar-refractivity contribution in [3.05, 3.63) is 24.4 Å². The molecule has 0 spiro atoms. The molecule has 0 radical (unpaired) electrons. The van der Waals surface area contributed by atoms with E-state index in [1.54, 1.807) is 0 Å². The topological polar surface area (TPSA) is 12.9 Å². The summed E-state index contributed by atoms with van der Waals surface area (Å²) in [5.74, 6) is 0. The van der Waals surface area contributed by atoms with Gasteiger partial charge >= 0.3 is 0 Å². The molecule has 1 aromatic rings. The molecule has 0 aromatic carbocycles. The summed E-state index contributed by atoms with van der Waals surface area (Å²) in [5, 5.41) is 2.00. The lowest BCUT2D eigenvalue weighted by Gasteiger charge is -2.11. The van der Waals surface area contributed by atoms with E-state index in [1.165, 1.54) is 12.8 Å². The first kappa shape index (κ1) is 9.35. The van der Waals surface area contributed by atoms with Gasteiger partial charge in [0.15, 0.2) is 0 Å². The number of rotatable bonds is 2. The van der Waals surface area contributed by atoms with E-state index in [1.807, 2.05) is 36.2 Å². The van der Waals surface area contributed by atoms with Crippen LogP contribution in [0.3, 0.4) is 0 Å². The number of nitrogens with zero attached hydrogens (tertiary/aromatic N) is 1. The zero-order chi connectivity index (χ0) is 9.10. The lowest BCUT2D eigenvalue weighted by molar-refractivity contribution is 0.888. The van der Waals surface area contributed by atoms with Gasteiger partial charge in [0.2, 0.25) is 0 Å². The van der Waals surface area contributed by atoms with Gasteiger partial charge in [-0.3, -0.25) is 0 Å². The Labute approximate surface area is 87.9 Å². The van der Waals surface area contributed by atoms with E-state index in [0.717, 1.165) is 11.4 Å². The van der Waals surface area contributed by atoms with Crippen molar-refractivity contribution in [3.63, 3.8) is 0 Å². The van der Waals surface area contributed by atoms with Gasteiger partial charge in [-0.15, -0.1) is 23.4 Å². The number of alkyl halides is 1. The minimum atomic E-state index is 0.340. The standard InChI is InChI=1S/C10H12ClNS/c11-8-4-3-5-9(8)13-10-6-1-2-7-12-10/h1-2,6-9H,3-5H2. The van der Waals surface area contributed by atoms with Gasteiger partial charge in [-0.2, -0.15) is 0 Å². The average molecular weight is 214 g/mol. The minimum absolute atomic E-state index is 0.340. The number of pyridine rings is 1. The Kier molecular flexibility index (Phi) is 3.12. The van der Waals surface area contributed by atoms with Gasteiger partial charge in [0.25, 0.3) is 0 Å². The highest BCUT2D eigenvalue weighted by Crippen LogP contribution is 2.36. The fourth-order valence-corrected chi connectivity index (χ4v) is 3.18. The van der Waals surface area contributed by atoms with Crippen molar-refractivity contribution >= 4 is 23.4 Å². The lowest BCUT2D eigenvalue weighted by Crippen LogP contribution is -2.08. The summed E-state index contributed by atoms with van der Waals surface area (Å²) in [6.07, 6.45) is 5.49. The summed E-state index contributed by atoms with van der Waals surface area (Å²) in [5.41, 5.74) is 0. The number of hydrogen-bond acceptors (Lipinski definition) is 2. The van der Waals surface area contributed by atoms with Crippen LogP contribution in [0.4, 0.5) is 0 Å². The van der Waals surface area contributed by atoms with Gasteiger partial charge in [0, 0.05) is 16.8 Å². The highest BCUT2D eigenvalue weighted by atomic mass is 35.5. The smallest absolute Gasteiger partial charge is 0.0963 e. The first-order valence-electron chi connectivity index (χ1n) is 4.58. The van der Waals surface area contributed by atoms with E-state index in [-0.39, 0.29) is 0 Å². The summed E-state index contributed by atoms with van der Waals surface area (Å²) >= 11 is 8.00. The molecule has 3 heteroatoms. The molecule has 1 nitrogen and oxygen atoms in total. The van der Waals surface area contributed by atoms with Crippen LogP contribution in [-0.4, -0.2) is 15.6 Å². The molecule has 2 unspecified atom stereocenters. The summed E-state index contributed by atoms with van der Waals surface area (Å²) in [7, 11) is 0. The minimum Gasteiger partial charge on any atom is -0.250 e. The highest BCUT2D eigenvalue weighted by Gasteiger charge is 2.26. The predicted molar refractivity (Wildman–Crippen MR) is 57.4 cm³/mol. The second-order valence-corrected chi connectivity index (χ2v) is 5.09. The normalized spacial score (nSPS) is 27.8. The molecule has 1 aliphatic rings. The van der Waals surface area contributed by atoms with Crippen molar-refractivity contribution in [2.24, 2.45) is 0 Å². The highest BCUT2D eigenvalue weighted by molar-refractivity contribution is 8.00. The quantitative estimate of drug-likeness (QED) is 0.699. The molecule has 1 saturated carbocycles. The van der Waals surface area contributed by atoms with Crippen LogP contribution >= 0.6 is 23.4 Å². The largest absolute Gasteiger partial charge is 0.250 e. The van der Waals surface area contributed by atoms with Gasteiger partial charge in [-0.1, -0.05) is 12.5 Å². The molecule has 2 atom stereocenters. The SMILES string of the molecule is ClC1CCCC1Sc1ccccn1. The zero-order valence-corrected chi connectivity index (χ0v) is 8.89. The molecule has 0 saturated heterocycles. The maximum atomic E-state index is 6.18. The van der Waals surface area contributed by atoms with Gasteiger partial charge in [-0.05, 0) is 25.0 Å². The van der Waals surface area contributed by atoms with Crippen molar-refractivity contribution in [3.8, 4) is 0 Å². The molecular formula is C10H12ClNS. The van der Waals surface area contributed by atoms with E-state index in [2.05, 4.69) is 4.98 Å². The Balaban J connectivity index is 1.98. The molecule has 0 bridgehead atoms. The first-order chi connectivity index (χ1) is 6.36. The van der Waals surface area contributed by atoms with Crippen LogP contribution in [0.2, 0.25) is 0 Å². The van der Waals surface area contributed by atoms with Crippen molar-refractivity contribution < 1.29 is 0 Å². The fraction of sp³-hybridized carbons (Fsp3) is 0.500. The molecule has 2 rings (SSSR count). The number of hydrogen-bond donors (Lipinski definition) is 0. The maximum absolute atomic E-state index is 6.18.